The number of carbonyl (C=O) groups is 1. The van der Waals surface area contributed by atoms with Crippen LogP contribution in [0.15, 0.2) is 11.4 Å². The summed E-state index contributed by atoms with van der Waals surface area (Å²) in [4.78, 5) is 28.0. The Kier molecular flexibility index (Phi) is 7.12. The minimum Gasteiger partial charge on any atom is -0.350 e. The SMILES string of the molecule is Cc1cc(Nc2nc(C(=O)NCC(C)C)cs2)nc([C@H]2CCCN(CC#N)C2)n1. The third kappa shape index (κ3) is 5.95. The Morgan fingerprint density at radius 1 is 1.41 bits per heavy atom. The van der Waals surface area contributed by atoms with Gasteiger partial charge in [-0.25, -0.2) is 15.0 Å². The third-order valence-corrected chi connectivity index (χ3v) is 5.44. The Hall–Kier alpha value is -2.57. The Morgan fingerprint density at radius 2 is 2.24 bits per heavy atom. The second-order valence-electron chi connectivity index (χ2n) is 7.75. The zero-order valence-electron chi connectivity index (χ0n) is 17.1. The smallest absolute Gasteiger partial charge is 0.270 e. The first-order valence-electron chi connectivity index (χ1n) is 9.90. The van der Waals surface area contributed by atoms with Gasteiger partial charge in [0.1, 0.15) is 17.3 Å². The highest BCUT2D eigenvalue weighted by Crippen LogP contribution is 2.27. The molecule has 1 saturated heterocycles. The fourth-order valence-electron chi connectivity index (χ4n) is 3.28. The van der Waals surface area contributed by atoms with Crippen LogP contribution in [0.25, 0.3) is 0 Å². The number of amides is 1. The van der Waals surface area contributed by atoms with Gasteiger partial charge in [0.05, 0.1) is 12.6 Å². The van der Waals surface area contributed by atoms with E-state index in [0.717, 1.165) is 37.4 Å². The summed E-state index contributed by atoms with van der Waals surface area (Å²) in [6.07, 6.45) is 2.05. The second-order valence-corrected chi connectivity index (χ2v) is 8.61. The number of hydrogen-bond donors (Lipinski definition) is 2. The van der Waals surface area contributed by atoms with Gasteiger partial charge in [0.15, 0.2) is 5.13 Å². The summed E-state index contributed by atoms with van der Waals surface area (Å²) < 4.78 is 0. The van der Waals surface area contributed by atoms with Crippen LogP contribution >= 0.6 is 11.3 Å². The number of carbonyl (C=O) groups excluding carboxylic acids is 1. The monoisotopic (exact) mass is 413 g/mol. The Labute approximate surface area is 175 Å². The number of thiazole rings is 1. The van der Waals surface area contributed by atoms with Crippen molar-refractivity contribution in [2.45, 2.75) is 39.5 Å². The maximum absolute atomic E-state index is 12.2. The summed E-state index contributed by atoms with van der Waals surface area (Å²) in [7, 11) is 0. The number of rotatable bonds is 7. The molecule has 0 spiro atoms. The predicted octanol–water partition coefficient (Wildman–Crippen LogP) is 3.07. The zero-order chi connectivity index (χ0) is 20.8. The van der Waals surface area contributed by atoms with Crippen LogP contribution in [0.2, 0.25) is 0 Å². The standard InChI is InChI=1S/C20H27N7OS/c1-13(2)10-22-19(28)16-12-29-20(24-16)26-17-9-14(3)23-18(25-17)15-5-4-7-27(11-15)8-6-21/h9,12-13,15H,4-5,7-8,10-11H2,1-3H3,(H,22,28)(H,23,24,25,26)/t15-/m0/s1. The molecule has 1 fully saturated rings. The van der Waals surface area contributed by atoms with Gasteiger partial charge in [0, 0.05) is 36.1 Å². The molecule has 8 nitrogen and oxygen atoms in total. The van der Waals surface area contributed by atoms with Crippen LogP contribution in [-0.4, -0.2) is 51.9 Å². The molecule has 1 aliphatic heterocycles. The van der Waals surface area contributed by atoms with E-state index in [0.29, 0.717) is 35.7 Å². The van der Waals surface area contributed by atoms with Gasteiger partial charge in [0.2, 0.25) is 0 Å². The van der Waals surface area contributed by atoms with Crippen molar-refractivity contribution in [2.75, 3.05) is 31.5 Å². The van der Waals surface area contributed by atoms with Crippen LogP contribution in [-0.2, 0) is 0 Å². The van der Waals surface area contributed by atoms with Crippen molar-refractivity contribution in [3.8, 4) is 6.07 Å². The molecule has 29 heavy (non-hydrogen) atoms. The van der Waals surface area contributed by atoms with Crippen molar-refractivity contribution in [1.82, 2.24) is 25.2 Å². The minimum atomic E-state index is -0.164. The van der Waals surface area contributed by atoms with E-state index in [9.17, 15) is 4.79 Å². The number of anilines is 2. The number of hydrogen-bond acceptors (Lipinski definition) is 8. The van der Waals surface area contributed by atoms with Crippen molar-refractivity contribution >= 4 is 28.2 Å². The highest BCUT2D eigenvalue weighted by molar-refractivity contribution is 7.14. The van der Waals surface area contributed by atoms with E-state index in [1.807, 2.05) is 13.0 Å². The van der Waals surface area contributed by atoms with Gasteiger partial charge in [-0.15, -0.1) is 11.3 Å². The number of likely N-dealkylation sites (tertiary alicyclic amines) is 1. The fraction of sp³-hybridized carbons (Fsp3) is 0.550. The Bertz CT molecular complexity index is 889. The van der Waals surface area contributed by atoms with Crippen LogP contribution in [0.5, 0.6) is 0 Å². The highest BCUT2D eigenvalue weighted by atomic mass is 32.1. The Balaban J connectivity index is 1.69. The molecule has 3 rings (SSSR count). The van der Waals surface area contributed by atoms with Crippen LogP contribution in [0.4, 0.5) is 10.9 Å². The van der Waals surface area contributed by atoms with E-state index >= 15 is 0 Å². The summed E-state index contributed by atoms with van der Waals surface area (Å²) in [6, 6.07) is 4.10. The quantitative estimate of drug-likeness (QED) is 0.672. The fourth-order valence-corrected chi connectivity index (χ4v) is 3.98. The third-order valence-electron chi connectivity index (χ3n) is 4.68. The zero-order valence-corrected chi connectivity index (χ0v) is 17.9. The number of nitrogens with one attached hydrogen (secondary N) is 2. The summed E-state index contributed by atoms with van der Waals surface area (Å²) >= 11 is 1.37. The predicted molar refractivity (Wildman–Crippen MR) is 113 cm³/mol. The maximum atomic E-state index is 12.2. The maximum Gasteiger partial charge on any atom is 0.270 e. The van der Waals surface area contributed by atoms with E-state index in [1.165, 1.54) is 11.3 Å². The molecular weight excluding hydrogens is 386 g/mol. The van der Waals surface area contributed by atoms with Gasteiger partial charge in [-0.1, -0.05) is 13.8 Å². The number of piperidine rings is 1. The lowest BCUT2D eigenvalue weighted by Gasteiger charge is -2.30. The summed E-state index contributed by atoms with van der Waals surface area (Å²) in [5.41, 5.74) is 1.28. The molecule has 0 bridgehead atoms. The lowest BCUT2D eigenvalue weighted by atomic mass is 9.97. The van der Waals surface area contributed by atoms with Crippen molar-refractivity contribution in [3.05, 3.63) is 28.7 Å². The molecule has 1 atom stereocenters. The van der Waals surface area contributed by atoms with Gasteiger partial charge in [0.25, 0.3) is 5.91 Å². The van der Waals surface area contributed by atoms with Crippen LogP contribution in [0, 0.1) is 24.2 Å². The van der Waals surface area contributed by atoms with E-state index in [4.69, 9.17) is 10.2 Å². The van der Waals surface area contributed by atoms with E-state index in [2.05, 4.69) is 45.4 Å². The molecular formula is C20H27N7OS. The molecule has 154 valence electrons. The van der Waals surface area contributed by atoms with Crippen LogP contribution in [0.1, 0.15) is 54.6 Å². The second kappa shape index (κ2) is 9.76. The molecule has 1 amide bonds. The van der Waals surface area contributed by atoms with Gasteiger partial charge in [-0.3, -0.25) is 9.69 Å². The number of aryl methyl sites for hydroxylation is 1. The topological polar surface area (TPSA) is 107 Å². The molecule has 2 aromatic heterocycles. The van der Waals surface area contributed by atoms with Crippen LogP contribution < -0.4 is 10.6 Å². The molecule has 9 heteroatoms. The van der Waals surface area contributed by atoms with Crippen LogP contribution in [0.3, 0.4) is 0 Å². The van der Waals surface area contributed by atoms with E-state index in [-0.39, 0.29) is 11.8 Å². The van der Waals surface area contributed by atoms with Gasteiger partial charge in [-0.05, 0) is 32.2 Å². The van der Waals surface area contributed by atoms with Gasteiger partial charge in [-0.2, -0.15) is 5.26 Å². The first kappa shape index (κ1) is 21.1. The van der Waals surface area contributed by atoms with Crippen molar-refractivity contribution < 1.29 is 4.79 Å². The molecule has 0 unspecified atom stereocenters. The average molecular weight is 414 g/mol. The molecule has 1 aliphatic rings. The number of nitriles is 1. The average Bonchev–Trinajstić information content (AvgIpc) is 3.14. The minimum absolute atomic E-state index is 0.164. The number of aromatic nitrogens is 3. The molecule has 2 N–H and O–H groups in total. The molecule has 3 heterocycles. The molecule has 0 saturated carbocycles. The Morgan fingerprint density at radius 3 is 3.00 bits per heavy atom. The van der Waals surface area contributed by atoms with Crippen molar-refractivity contribution in [1.29, 1.82) is 5.26 Å². The normalized spacial score (nSPS) is 17.1. The van der Waals surface area contributed by atoms with Crippen molar-refractivity contribution in [2.24, 2.45) is 5.92 Å². The first-order valence-corrected chi connectivity index (χ1v) is 10.8. The lowest BCUT2D eigenvalue weighted by molar-refractivity contribution is 0.0945. The highest BCUT2D eigenvalue weighted by Gasteiger charge is 2.24. The molecule has 2 aromatic rings. The largest absolute Gasteiger partial charge is 0.350 e. The van der Waals surface area contributed by atoms with E-state index in [1.54, 1.807) is 5.38 Å². The first-order chi connectivity index (χ1) is 13.9. The lowest BCUT2D eigenvalue weighted by Crippen LogP contribution is -2.35. The van der Waals surface area contributed by atoms with E-state index < -0.39 is 0 Å². The molecule has 0 aromatic carbocycles. The molecule has 0 radical (unpaired) electrons. The van der Waals surface area contributed by atoms with Crippen molar-refractivity contribution in [3.63, 3.8) is 0 Å². The van der Waals surface area contributed by atoms with Gasteiger partial charge < -0.3 is 10.6 Å². The number of nitrogens with zero attached hydrogens (tertiary/aromatic N) is 5. The molecule has 0 aliphatic carbocycles. The summed E-state index contributed by atoms with van der Waals surface area (Å²) in [5.74, 6) is 1.91. The summed E-state index contributed by atoms with van der Waals surface area (Å²) in [5, 5.41) is 17.4. The van der Waals surface area contributed by atoms with Gasteiger partial charge >= 0.3 is 0 Å². The summed E-state index contributed by atoms with van der Waals surface area (Å²) in [6.45, 7) is 8.85.